The molecule has 3 heterocycles. The summed E-state index contributed by atoms with van der Waals surface area (Å²) in [4.78, 5) is 14.3. The van der Waals surface area contributed by atoms with Gasteiger partial charge in [0.05, 0.1) is 37.5 Å². The number of nitrogens with zero attached hydrogens (tertiary/aromatic N) is 1. The zero-order valence-corrected chi connectivity index (χ0v) is 18.4. The van der Waals surface area contributed by atoms with E-state index in [2.05, 4.69) is 0 Å². The van der Waals surface area contributed by atoms with Gasteiger partial charge in [-0.2, -0.15) is 0 Å². The van der Waals surface area contributed by atoms with Crippen molar-refractivity contribution in [2.75, 3.05) is 26.9 Å². The lowest BCUT2D eigenvalue weighted by Gasteiger charge is -2.56. The largest absolute Gasteiger partial charge is 0.479 e. The van der Waals surface area contributed by atoms with Gasteiger partial charge in [0.1, 0.15) is 30.5 Å². The van der Waals surface area contributed by atoms with Gasteiger partial charge >= 0.3 is 5.97 Å². The van der Waals surface area contributed by atoms with Crippen LogP contribution in [-0.2, 0) is 14.3 Å². The number of ether oxygens (including phenoxy) is 2. The first kappa shape index (κ1) is 26.6. The van der Waals surface area contributed by atoms with Gasteiger partial charge in [0.15, 0.2) is 5.60 Å². The lowest BCUT2D eigenvalue weighted by molar-refractivity contribution is -0.251. The smallest absolute Gasteiger partial charge is 0.336 e. The van der Waals surface area contributed by atoms with E-state index >= 15 is 0 Å². The number of methoxy groups -OCH3 is 1. The van der Waals surface area contributed by atoms with Gasteiger partial charge in [-0.05, 0) is 19.4 Å². The summed E-state index contributed by atoms with van der Waals surface area (Å²) in [5, 5.41) is 81.6. The fourth-order valence-corrected chi connectivity index (χ4v) is 5.64. The fraction of sp³-hybridized carbons (Fsp3) is 0.950. The molecule has 0 saturated carbocycles. The Labute approximate surface area is 190 Å². The molecule has 12 atom stereocenters. The molecule has 13 heteroatoms. The van der Waals surface area contributed by atoms with Gasteiger partial charge in [0.2, 0.25) is 0 Å². The molecule has 33 heavy (non-hydrogen) atoms. The van der Waals surface area contributed by atoms with Crippen molar-refractivity contribution >= 4 is 5.97 Å². The zero-order valence-electron chi connectivity index (χ0n) is 18.4. The molecular formula is C20H36N2O11. The van der Waals surface area contributed by atoms with E-state index in [1.54, 1.807) is 4.90 Å². The third-order valence-electron chi connectivity index (χ3n) is 7.56. The van der Waals surface area contributed by atoms with Gasteiger partial charge < -0.3 is 56.1 Å². The summed E-state index contributed by atoms with van der Waals surface area (Å²) in [6.45, 7) is -0.484. The summed E-state index contributed by atoms with van der Waals surface area (Å²) in [5.41, 5.74) is 3.94. The van der Waals surface area contributed by atoms with Crippen molar-refractivity contribution < 1.29 is 55.1 Å². The molecule has 3 rings (SSSR count). The van der Waals surface area contributed by atoms with Crippen LogP contribution >= 0.6 is 0 Å². The average Bonchev–Trinajstić information content (AvgIpc) is 2.80. The maximum absolute atomic E-state index is 12.5. The van der Waals surface area contributed by atoms with E-state index in [1.807, 2.05) is 0 Å². The predicted molar refractivity (Wildman–Crippen MR) is 110 cm³/mol. The van der Waals surface area contributed by atoms with Gasteiger partial charge in [0.25, 0.3) is 0 Å². The number of hydrogen-bond acceptors (Lipinski definition) is 12. The molecule has 0 spiro atoms. The van der Waals surface area contributed by atoms with Crippen LogP contribution in [0.25, 0.3) is 0 Å². The molecule has 0 aliphatic carbocycles. The molecule has 10 N–H and O–H groups in total. The van der Waals surface area contributed by atoms with E-state index in [-0.39, 0.29) is 32.4 Å². The van der Waals surface area contributed by atoms with Gasteiger partial charge in [-0.1, -0.05) is 0 Å². The van der Waals surface area contributed by atoms with Crippen LogP contribution in [0.3, 0.4) is 0 Å². The number of carbonyl (C=O) groups is 1. The molecule has 13 nitrogen and oxygen atoms in total. The number of piperidine rings is 2. The maximum atomic E-state index is 12.5. The van der Waals surface area contributed by atoms with E-state index in [1.165, 1.54) is 7.11 Å². The summed E-state index contributed by atoms with van der Waals surface area (Å²) in [5.74, 6) is -2.17. The number of nitrogens with two attached hydrogens (primary N) is 1. The van der Waals surface area contributed by atoms with Crippen LogP contribution in [0.4, 0.5) is 0 Å². The Hall–Kier alpha value is -0.970. The molecule has 0 aromatic carbocycles. The normalized spacial score (nSPS) is 46.4. The second-order valence-electron chi connectivity index (χ2n) is 9.39. The van der Waals surface area contributed by atoms with Crippen molar-refractivity contribution in [3.63, 3.8) is 0 Å². The molecular weight excluding hydrogens is 444 g/mol. The van der Waals surface area contributed by atoms with Crippen molar-refractivity contribution in [3.05, 3.63) is 0 Å². The molecule has 0 bridgehead atoms. The average molecular weight is 481 g/mol. The highest BCUT2D eigenvalue weighted by Gasteiger charge is 2.60. The molecule has 0 amide bonds. The van der Waals surface area contributed by atoms with Crippen LogP contribution in [0, 0.1) is 5.92 Å². The molecule has 3 aliphatic rings. The third-order valence-corrected chi connectivity index (χ3v) is 7.56. The van der Waals surface area contributed by atoms with E-state index in [4.69, 9.17) is 15.2 Å². The number of aliphatic hydroxyl groups excluding tert-OH is 7. The van der Waals surface area contributed by atoms with Crippen molar-refractivity contribution in [2.45, 2.75) is 85.7 Å². The van der Waals surface area contributed by atoms with Crippen LogP contribution in [-0.4, -0.2) is 145 Å². The Balaban J connectivity index is 1.90. The lowest BCUT2D eigenvalue weighted by atomic mass is 9.69. The van der Waals surface area contributed by atoms with Crippen LogP contribution in [0.2, 0.25) is 0 Å². The topological polar surface area (TPSA) is 227 Å². The minimum Gasteiger partial charge on any atom is -0.479 e. The van der Waals surface area contributed by atoms with Crippen LogP contribution in [0.1, 0.15) is 19.3 Å². The Morgan fingerprint density at radius 2 is 1.88 bits per heavy atom. The van der Waals surface area contributed by atoms with Crippen molar-refractivity contribution in [2.24, 2.45) is 11.7 Å². The monoisotopic (exact) mass is 480 g/mol. The fourth-order valence-electron chi connectivity index (χ4n) is 5.64. The summed E-state index contributed by atoms with van der Waals surface area (Å²) in [7, 11) is 1.44. The van der Waals surface area contributed by atoms with Crippen LogP contribution < -0.4 is 5.73 Å². The Kier molecular flexibility index (Phi) is 8.34. The molecule has 3 aliphatic heterocycles. The molecule has 192 valence electrons. The summed E-state index contributed by atoms with van der Waals surface area (Å²) in [6, 6.07) is -2.54. The number of aliphatic carboxylic acids is 1. The molecule has 0 aromatic rings. The molecule has 0 aromatic heterocycles. The van der Waals surface area contributed by atoms with E-state index in [9.17, 15) is 45.6 Å². The molecule has 0 radical (unpaired) electrons. The molecule has 3 fully saturated rings. The van der Waals surface area contributed by atoms with Crippen LogP contribution in [0.5, 0.6) is 0 Å². The van der Waals surface area contributed by atoms with Gasteiger partial charge in [-0.3, -0.25) is 4.90 Å². The van der Waals surface area contributed by atoms with E-state index in [0.29, 0.717) is 0 Å². The van der Waals surface area contributed by atoms with Crippen molar-refractivity contribution in [1.29, 1.82) is 0 Å². The predicted octanol–water partition coefficient (Wildman–Crippen LogP) is -4.81. The maximum Gasteiger partial charge on any atom is 0.336 e. The number of hydrogen-bond donors (Lipinski definition) is 9. The summed E-state index contributed by atoms with van der Waals surface area (Å²) < 4.78 is 11.0. The van der Waals surface area contributed by atoms with Gasteiger partial charge in [0, 0.05) is 25.5 Å². The Morgan fingerprint density at radius 1 is 1.21 bits per heavy atom. The standard InChI is InChI=1S/C20H36N2O11/c1-32-7-10-15(27)17(29)14(26)9-4-8(2-3-22(9)10)20(19(30)31)5-11(24)13(21)18(33-20)16(28)12(25)6-23/h8-18,23-29H,2-7,21H2,1H3,(H,30,31)/t8?,9?,10-,11+,12+,13+,14-,15-,16+,17-,18?,20-/m0/s1. The Morgan fingerprint density at radius 3 is 2.45 bits per heavy atom. The van der Waals surface area contributed by atoms with Crippen molar-refractivity contribution in [3.8, 4) is 0 Å². The first-order chi connectivity index (χ1) is 15.5. The Bertz CT molecular complexity index is 686. The van der Waals surface area contributed by atoms with Crippen molar-refractivity contribution in [1.82, 2.24) is 4.90 Å². The minimum absolute atomic E-state index is 0.0464. The third kappa shape index (κ3) is 4.65. The summed E-state index contributed by atoms with van der Waals surface area (Å²) >= 11 is 0. The van der Waals surface area contributed by atoms with E-state index < -0.39 is 84.9 Å². The lowest BCUT2D eigenvalue weighted by Crippen LogP contribution is -2.72. The summed E-state index contributed by atoms with van der Waals surface area (Å²) in [6.07, 6.45) is -10.5. The van der Waals surface area contributed by atoms with E-state index in [0.717, 1.165) is 0 Å². The minimum atomic E-state index is -2.00. The van der Waals surface area contributed by atoms with Gasteiger partial charge in [-0.15, -0.1) is 0 Å². The number of aliphatic hydroxyl groups is 7. The number of fused-ring (bicyclic) bond motifs is 1. The highest BCUT2D eigenvalue weighted by atomic mass is 16.6. The zero-order chi connectivity index (χ0) is 24.7. The SMILES string of the molecule is COC[C@H]1[C@H](O)[C@@H](O)[C@@H](O)C2CC([C@]3(C(=O)O)C[C@@H](O)[C@@H](N)C([C@H](O)[C@H](O)CO)O3)CCN21. The second kappa shape index (κ2) is 10.3. The number of rotatable bonds is 7. The quantitative estimate of drug-likeness (QED) is 0.167. The van der Waals surface area contributed by atoms with Crippen LogP contribution in [0.15, 0.2) is 0 Å². The molecule has 3 saturated heterocycles. The highest BCUT2D eigenvalue weighted by Crippen LogP contribution is 2.45. The number of carboxylic acids is 1. The van der Waals surface area contributed by atoms with Gasteiger partial charge in [-0.25, -0.2) is 4.79 Å². The first-order valence-corrected chi connectivity index (χ1v) is 11.1. The first-order valence-electron chi connectivity index (χ1n) is 11.1. The number of carboxylic acid groups (broad SMARTS) is 1. The second-order valence-corrected chi connectivity index (χ2v) is 9.39. The molecule has 3 unspecified atom stereocenters. The highest BCUT2D eigenvalue weighted by molar-refractivity contribution is 5.78.